The summed E-state index contributed by atoms with van der Waals surface area (Å²) in [6.45, 7) is 0.779. The molecule has 0 saturated carbocycles. The molecule has 2 N–H and O–H groups in total. The number of sulfonamides is 1. The smallest absolute Gasteiger partial charge is 0.246 e. The third kappa shape index (κ3) is 3.67. The zero-order valence-electron chi connectivity index (χ0n) is 16.1. The number of aromatic amines is 1. The second-order valence-corrected chi connectivity index (χ2v) is 8.59. The van der Waals surface area contributed by atoms with Crippen molar-refractivity contribution in [2.75, 3.05) is 25.1 Å². The highest BCUT2D eigenvalue weighted by molar-refractivity contribution is 7.89. The summed E-state index contributed by atoms with van der Waals surface area (Å²) in [5, 5.41) is 0.801. The number of benzene rings is 1. The largest absolute Gasteiger partial charge is 0.491 e. The van der Waals surface area contributed by atoms with Gasteiger partial charge < -0.3 is 14.6 Å². The maximum atomic E-state index is 14.2. The molecule has 2 aromatic heterocycles. The predicted octanol–water partition coefficient (Wildman–Crippen LogP) is 2.47. The van der Waals surface area contributed by atoms with E-state index in [2.05, 4.69) is 24.4 Å². The fraction of sp³-hybridized carbons (Fsp3) is 0.333. The Balaban J connectivity index is 1.53. The van der Waals surface area contributed by atoms with E-state index in [4.69, 9.17) is 0 Å². The van der Waals surface area contributed by atoms with Crippen LogP contribution in [0.3, 0.4) is 0 Å². The van der Waals surface area contributed by atoms with E-state index in [1.54, 1.807) is 6.20 Å². The summed E-state index contributed by atoms with van der Waals surface area (Å²) in [7, 11) is -4.08. The van der Waals surface area contributed by atoms with Gasteiger partial charge in [0, 0.05) is 25.3 Å². The molecule has 1 fully saturated rings. The number of piperidine rings is 1. The Hall–Kier alpha value is -2.93. The van der Waals surface area contributed by atoms with E-state index < -0.39 is 50.0 Å². The van der Waals surface area contributed by atoms with Crippen LogP contribution >= 0.6 is 0 Å². The first kappa shape index (κ1) is 21.3. The Morgan fingerprint density at radius 2 is 1.74 bits per heavy atom. The van der Waals surface area contributed by atoms with E-state index in [9.17, 15) is 26.0 Å². The van der Waals surface area contributed by atoms with E-state index in [0.717, 1.165) is 12.5 Å². The maximum absolute atomic E-state index is 14.2. The van der Waals surface area contributed by atoms with Gasteiger partial charge in [-0.3, -0.25) is 0 Å². The second kappa shape index (κ2) is 7.96. The van der Waals surface area contributed by atoms with Gasteiger partial charge in [0.2, 0.25) is 21.7 Å². The molecule has 0 atom stereocenters. The summed E-state index contributed by atoms with van der Waals surface area (Å²) < 4.78 is 87.8. The Labute approximate surface area is 174 Å². The van der Waals surface area contributed by atoms with Gasteiger partial charge in [-0.05, 0) is 18.9 Å². The van der Waals surface area contributed by atoms with Crippen molar-refractivity contribution in [3.8, 4) is 5.75 Å². The summed E-state index contributed by atoms with van der Waals surface area (Å²) in [6.07, 6.45) is 3.68. The molecule has 0 spiro atoms. The van der Waals surface area contributed by atoms with Crippen molar-refractivity contribution < 1.29 is 30.7 Å². The summed E-state index contributed by atoms with van der Waals surface area (Å²) >= 11 is 0. The molecule has 0 bridgehead atoms. The van der Waals surface area contributed by atoms with Crippen LogP contribution in [0.5, 0.6) is 5.75 Å². The zero-order valence-corrected chi connectivity index (χ0v) is 16.9. The molecular weight excluding hydrogens is 442 g/mol. The molecule has 3 heterocycles. The quantitative estimate of drug-likeness (QED) is 0.449. The van der Waals surface area contributed by atoms with Gasteiger partial charge in [0.1, 0.15) is 17.8 Å². The summed E-state index contributed by atoms with van der Waals surface area (Å²) in [5.74, 6) is -8.59. The molecule has 1 aliphatic heterocycles. The topological polar surface area (TPSA) is 100 Å². The number of anilines is 1. The minimum atomic E-state index is -4.88. The van der Waals surface area contributed by atoms with Crippen molar-refractivity contribution in [2.24, 2.45) is 0 Å². The first-order chi connectivity index (χ1) is 14.7. The number of methoxy groups -OCH3 is 1. The van der Waals surface area contributed by atoms with Crippen molar-refractivity contribution >= 4 is 26.9 Å². The highest BCUT2D eigenvalue weighted by Crippen LogP contribution is 2.33. The van der Waals surface area contributed by atoms with Gasteiger partial charge in [-0.25, -0.2) is 31.9 Å². The van der Waals surface area contributed by atoms with Crippen LogP contribution in [0.25, 0.3) is 11.0 Å². The molecule has 1 aliphatic rings. The third-order valence-electron chi connectivity index (χ3n) is 5.10. The normalized spacial score (nSPS) is 15.6. The standard InChI is InChI=1S/C18H17F4N5O3S/c1-30-15-11(19)13(21)16(14(22)12(15)20)31(28,29)26-9-3-6-27(7-4-9)18-10-2-5-23-17(10)24-8-25-18/h2,5,8-9,26H,3-4,6-7H2,1H3,(H,23,24,25). The number of hydrogen-bond acceptors (Lipinski definition) is 6. The van der Waals surface area contributed by atoms with Gasteiger partial charge in [-0.15, -0.1) is 0 Å². The number of fused-ring (bicyclic) bond motifs is 1. The van der Waals surface area contributed by atoms with Crippen LogP contribution in [0.1, 0.15) is 12.8 Å². The van der Waals surface area contributed by atoms with E-state index in [1.807, 2.05) is 11.0 Å². The van der Waals surface area contributed by atoms with Gasteiger partial charge in [-0.1, -0.05) is 0 Å². The summed E-state index contributed by atoms with van der Waals surface area (Å²) in [4.78, 5) is 11.6. The number of halogens is 4. The van der Waals surface area contributed by atoms with E-state index in [-0.39, 0.29) is 12.8 Å². The zero-order chi connectivity index (χ0) is 22.3. The van der Waals surface area contributed by atoms with Crippen molar-refractivity contribution in [2.45, 2.75) is 23.8 Å². The van der Waals surface area contributed by atoms with Gasteiger partial charge in [-0.2, -0.15) is 8.78 Å². The van der Waals surface area contributed by atoms with Gasteiger partial charge in [0.15, 0.2) is 22.3 Å². The Kier molecular flexibility index (Phi) is 5.47. The number of aromatic nitrogens is 3. The van der Waals surface area contributed by atoms with Gasteiger partial charge >= 0.3 is 0 Å². The van der Waals surface area contributed by atoms with Gasteiger partial charge in [0.25, 0.3) is 0 Å². The highest BCUT2D eigenvalue weighted by atomic mass is 32.2. The minimum Gasteiger partial charge on any atom is -0.491 e. The molecule has 0 unspecified atom stereocenters. The Morgan fingerprint density at radius 3 is 2.35 bits per heavy atom. The molecule has 13 heteroatoms. The SMILES string of the molecule is COc1c(F)c(F)c(S(=O)(=O)NC2CCN(c3ncnc4[nH]ccc34)CC2)c(F)c1F. The number of nitrogens with zero attached hydrogens (tertiary/aromatic N) is 3. The predicted molar refractivity (Wildman–Crippen MR) is 102 cm³/mol. The Morgan fingerprint density at radius 1 is 1.10 bits per heavy atom. The lowest BCUT2D eigenvalue weighted by molar-refractivity contribution is 0.321. The van der Waals surface area contributed by atoms with Crippen LogP contribution in [0.2, 0.25) is 0 Å². The number of ether oxygens (including phenoxy) is 1. The fourth-order valence-electron chi connectivity index (χ4n) is 3.60. The molecule has 4 rings (SSSR count). The molecule has 0 amide bonds. The highest BCUT2D eigenvalue weighted by Gasteiger charge is 2.35. The lowest BCUT2D eigenvalue weighted by Gasteiger charge is -2.33. The van der Waals surface area contributed by atoms with Crippen LogP contribution in [-0.2, 0) is 10.0 Å². The van der Waals surface area contributed by atoms with Crippen LogP contribution in [0.4, 0.5) is 23.4 Å². The molecule has 8 nitrogen and oxygen atoms in total. The molecule has 3 aromatic rings. The molecule has 1 saturated heterocycles. The third-order valence-corrected chi connectivity index (χ3v) is 6.64. The molecule has 166 valence electrons. The van der Waals surface area contributed by atoms with Crippen LogP contribution in [0, 0.1) is 23.3 Å². The monoisotopic (exact) mass is 459 g/mol. The first-order valence-corrected chi connectivity index (χ1v) is 10.7. The lowest BCUT2D eigenvalue weighted by Crippen LogP contribution is -2.45. The minimum absolute atomic E-state index is 0.277. The average molecular weight is 459 g/mol. The van der Waals surface area contributed by atoms with E-state index in [0.29, 0.717) is 24.6 Å². The molecule has 1 aromatic carbocycles. The number of rotatable bonds is 5. The van der Waals surface area contributed by atoms with E-state index >= 15 is 0 Å². The molecule has 0 aliphatic carbocycles. The van der Waals surface area contributed by atoms with Crippen LogP contribution < -0.4 is 14.4 Å². The number of H-pyrrole nitrogens is 1. The second-order valence-electron chi connectivity index (χ2n) is 6.94. The summed E-state index contributed by atoms with van der Waals surface area (Å²) in [6, 6.07) is 1.12. The molecule has 0 radical (unpaired) electrons. The number of nitrogens with one attached hydrogen (secondary N) is 2. The average Bonchev–Trinajstić information content (AvgIpc) is 3.22. The fourth-order valence-corrected chi connectivity index (χ4v) is 5.05. The Bertz CT molecular complexity index is 1210. The number of hydrogen-bond donors (Lipinski definition) is 2. The van der Waals surface area contributed by atoms with Crippen molar-refractivity contribution in [3.05, 3.63) is 41.9 Å². The maximum Gasteiger partial charge on any atom is 0.246 e. The van der Waals surface area contributed by atoms with Crippen molar-refractivity contribution in [1.29, 1.82) is 0 Å². The van der Waals surface area contributed by atoms with Gasteiger partial charge in [0.05, 0.1) is 12.5 Å². The molecular formula is C18H17F4N5O3S. The first-order valence-electron chi connectivity index (χ1n) is 9.20. The van der Waals surface area contributed by atoms with Crippen LogP contribution in [0.15, 0.2) is 23.5 Å². The molecule has 31 heavy (non-hydrogen) atoms. The van der Waals surface area contributed by atoms with Crippen molar-refractivity contribution in [1.82, 2.24) is 19.7 Å². The summed E-state index contributed by atoms with van der Waals surface area (Å²) in [5.41, 5.74) is 0.655. The van der Waals surface area contributed by atoms with Crippen molar-refractivity contribution in [3.63, 3.8) is 0 Å². The van der Waals surface area contributed by atoms with Crippen LogP contribution in [-0.4, -0.2) is 49.6 Å². The van der Waals surface area contributed by atoms with E-state index in [1.165, 1.54) is 6.33 Å². The lowest BCUT2D eigenvalue weighted by atomic mass is 10.1.